The molecule has 0 aliphatic rings. The highest BCUT2D eigenvalue weighted by Gasteiger charge is 2.16. The Labute approximate surface area is 110 Å². The highest BCUT2D eigenvalue weighted by Crippen LogP contribution is 2.30. The number of para-hydroxylation sites is 1. The Hall–Kier alpha value is -1.68. The van der Waals surface area contributed by atoms with Gasteiger partial charge in [-0.25, -0.2) is 14.4 Å². The van der Waals surface area contributed by atoms with E-state index in [2.05, 4.69) is 9.97 Å². The molecule has 1 heterocycles. The van der Waals surface area contributed by atoms with Crippen LogP contribution >= 0.6 is 11.6 Å². The lowest BCUT2D eigenvalue weighted by Gasteiger charge is -2.24. The number of halogens is 2. The predicted octanol–water partition coefficient (Wildman–Crippen LogP) is 3.74. The minimum Gasteiger partial charge on any atom is -0.324 e. The summed E-state index contributed by atoms with van der Waals surface area (Å²) >= 11 is 5.97. The van der Waals surface area contributed by atoms with Crippen molar-refractivity contribution in [3.8, 4) is 0 Å². The van der Waals surface area contributed by atoms with Crippen LogP contribution in [0.1, 0.15) is 12.5 Å². The van der Waals surface area contributed by atoms with E-state index in [0.29, 0.717) is 23.2 Å². The van der Waals surface area contributed by atoms with E-state index in [9.17, 15) is 4.39 Å². The molecule has 0 aliphatic carbocycles. The van der Waals surface area contributed by atoms with Gasteiger partial charge in [-0.3, -0.25) is 0 Å². The van der Waals surface area contributed by atoms with E-state index >= 15 is 0 Å². The molecule has 2 rings (SSSR count). The SMILES string of the molecule is CCN(c1ccccc1F)c1ncnc(Cl)c1C. The molecule has 0 saturated carbocycles. The first-order valence-corrected chi connectivity index (χ1v) is 6.02. The average Bonchev–Trinajstić information content (AvgIpc) is 2.37. The maximum atomic E-state index is 13.8. The van der Waals surface area contributed by atoms with E-state index in [-0.39, 0.29) is 5.82 Å². The first-order valence-electron chi connectivity index (χ1n) is 5.64. The van der Waals surface area contributed by atoms with Crippen molar-refractivity contribution >= 4 is 23.1 Å². The first-order chi connectivity index (χ1) is 8.65. The molecule has 94 valence electrons. The molecule has 0 N–H and O–H groups in total. The monoisotopic (exact) mass is 265 g/mol. The minimum absolute atomic E-state index is 0.284. The van der Waals surface area contributed by atoms with Crippen LogP contribution in [0.25, 0.3) is 0 Å². The largest absolute Gasteiger partial charge is 0.324 e. The normalized spacial score (nSPS) is 10.4. The van der Waals surface area contributed by atoms with Gasteiger partial charge in [0.15, 0.2) is 0 Å². The van der Waals surface area contributed by atoms with E-state index in [1.807, 2.05) is 13.8 Å². The third kappa shape index (κ3) is 2.29. The van der Waals surface area contributed by atoms with Crippen LogP contribution in [-0.2, 0) is 0 Å². The molecule has 0 fully saturated rings. The summed E-state index contributed by atoms with van der Waals surface area (Å²) in [7, 11) is 0. The Bertz CT molecular complexity index is 560. The van der Waals surface area contributed by atoms with Crippen molar-refractivity contribution in [1.29, 1.82) is 0 Å². The molecule has 18 heavy (non-hydrogen) atoms. The lowest BCUT2D eigenvalue weighted by molar-refractivity contribution is 0.625. The molecule has 3 nitrogen and oxygen atoms in total. The Kier molecular flexibility index (Phi) is 3.77. The second-order valence-electron chi connectivity index (χ2n) is 3.81. The standard InChI is InChI=1S/C13H13ClFN3/c1-3-18(11-7-5-4-6-10(11)15)13-9(2)12(14)16-8-17-13/h4-8H,3H2,1-2H3. The maximum Gasteiger partial charge on any atom is 0.146 e. The van der Waals surface area contributed by atoms with E-state index in [1.54, 1.807) is 23.1 Å². The zero-order chi connectivity index (χ0) is 13.1. The van der Waals surface area contributed by atoms with Crippen molar-refractivity contribution in [2.75, 3.05) is 11.4 Å². The molecule has 0 radical (unpaired) electrons. The highest BCUT2D eigenvalue weighted by atomic mass is 35.5. The third-order valence-electron chi connectivity index (χ3n) is 2.71. The van der Waals surface area contributed by atoms with Gasteiger partial charge in [-0.2, -0.15) is 0 Å². The van der Waals surface area contributed by atoms with Crippen molar-refractivity contribution in [1.82, 2.24) is 9.97 Å². The Morgan fingerprint density at radius 3 is 2.67 bits per heavy atom. The zero-order valence-electron chi connectivity index (χ0n) is 10.2. The first kappa shape index (κ1) is 12.8. The molecular weight excluding hydrogens is 253 g/mol. The number of benzene rings is 1. The molecule has 0 bridgehead atoms. The fourth-order valence-electron chi connectivity index (χ4n) is 1.80. The summed E-state index contributed by atoms with van der Waals surface area (Å²) in [6.07, 6.45) is 1.38. The topological polar surface area (TPSA) is 29.0 Å². The summed E-state index contributed by atoms with van der Waals surface area (Å²) in [6.45, 7) is 4.35. The predicted molar refractivity (Wildman–Crippen MR) is 70.9 cm³/mol. The maximum absolute atomic E-state index is 13.8. The van der Waals surface area contributed by atoms with E-state index in [4.69, 9.17) is 11.6 Å². The van der Waals surface area contributed by atoms with Gasteiger partial charge in [0.25, 0.3) is 0 Å². The van der Waals surface area contributed by atoms with Gasteiger partial charge in [-0.05, 0) is 26.0 Å². The van der Waals surface area contributed by atoms with Gasteiger partial charge in [-0.1, -0.05) is 23.7 Å². The molecule has 0 saturated heterocycles. The lowest BCUT2D eigenvalue weighted by Crippen LogP contribution is -2.20. The summed E-state index contributed by atoms with van der Waals surface area (Å²) in [4.78, 5) is 9.87. The molecule has 0 spiro atoms. The fraction of sp³-hybridized carbons (Fsp3) is 0.231. The average molecular weight is 266 g/mol. The van der Waals surface area contributed by atoms with Crippen LogP contribution in [0, 0.1) is 12.7 Å². The van der Waals surface area contributed by atoms with Gasteiger partial charge in [-0.15, -0.1) is 0 Å². The van der Waals surface area contributed by atoms with Gasteiger partial charge < -0.3 is 4.90 Å². The Morgan fingerprint density at radius 1 is 1.28 bits per heavy atom. The molecule has 1 aromatic heterocycles. The van der Waals surface area contributed by atoms with Gasteiger partial charge >= 0.3 is 0 Å². The highest BCUT2D eigenvalue weighted by molar-refractivity contribution is 6.30. The summed E-state index contributed by atoms with van der Waals surface area (Å²) in [5.41, 5.74) is 1.22. The van der Waals surface area contributed by atoms with Crippen LogP contribution in [0.5, 0.6) is 0 Å². The van der Waals surface area contributed by atoms with Crippen LogP contribution in [0.3, 0.4) is 0 Å². The lowest BCUT2D eigenvalue weighted by atomic mass is 10.2. The third-order valence-corrected chi connectivity index (χ3v) is 3.09. The van der Waals surface area contributed by atoms with Crippen LogP contribution in [-0.4, -0.2) is 16.5 Å². The van der Waals surface area contributed by atoms with Crippen LogP contribution in [0.4, 0.5) is 15.9 Å². The van der Waals surface area contributed by atoms with E-state index in [0.717, 1.165) is 5.56 Å². The number of anilines is 2. The molecular formula is C13H13ClFN3. The second-order valence-corrected chi connectivity index (χ2v) is 4.17. The summed E-state index contributed by atoms with van der Waals surface area (Å²) < 4.78 is 13.8. The van der Waals surface area contributed by atoms with Crippen LogP contribution in [0.2, 0.25) is 5.15 Å². The zero-order valence-corrected chi connectivity index (χ0v) is 10.9. The molecule has 1 aromatic carbocycles. The van der Waals surface area contributed by atoms with Crippen molar-refractivity contribution in [2.24, 2.45) is 0 Å². The number of hydrogen-bond donors (Lipinski definition) is 0. The molecule has 2 aromatic rings. The van der Waals surface area contributed by atoms with Crippen LogP contribution < -0.4 is 4.90 Å². The van der Waals surface area contributed by atoms with E-state index in [1.165, 1.54) is 12.4 Å². The van der Waals surface area contributed by atoms with Crippen LogP contribution in [0.15, 0.2) is 30.6 Å². The van der Waals surface area contributed by atoms with Crippen molar-refractivity contribution in [2.45, 2.75) is 13.8 Å². The Morgan fingerprint density at radius 2 is 2.00 bits per heavy atom. The summed E-state index contributed by atoms with van der Waals surface area (Å²) in [5, 5.41) is 0.384. The number of aromatic nitrogens is 2. The van der Waals surface area contributed by atoms with Crippen molar-refractivity contribution in [3.63, 3.8) is 0 Å². The van der Waals surface area contributed by atoms with Crippen molar-refractivity contribution < 1.29 is 4.39 Å². The fourth-order valence-corrected chi connectivity index (χ4v) is 1.93. The quantitative estimate of drug-likeness (QED) is 0.792. The number of hydrogen-bond acceptors (Lipinski definition) is 3. The second kappa shape index (κ2) is 5.31. The minimum atomic E-state index is -0.284. The van der Waals surface area contributed by atoms with Gasteiger partial charge in [0.05, 0.1) is 5.69 Å². The van der Waals surface area contributed by atoms with Gasteiger partial charge in [0.2, 0.25) is 0 Å². The molecule has 0 unspecified atom stereocenters. The summed E-state index contributed by atoms with van der Waals surface area (Å²) in [5.74, 6) is 0.344. The van der Waals surface area contributed by atoms with E-state index < -0.39 is 0 Å². The molecule has 0 atom stereocenters. The smallest absolute Gasteiger partial charge is 0.146 e. The van der Waals surface area contributed by atoms with Crippen molar-refractivity contribution in [3.05, 3.63) is 47.1 Å². The molecule has 5 heteroatoms. The molecule has 0 aliphatic heterocycles. The number of nitrogens with zero attached hydrogens (tertiary/aromatic N) is 3. The number of rotatable bonds is 3. The Balaban J connectivity index is 2.53. The molecule has 0 amide bonds. The van der Waals surface area contributed by atoms with Gasteiger partial charge in [0, 0.05) is 12.1 Å². The summed E-state index contributed by atoms with van der Waals surface area (Å²) in [6, 6.07) is 6.59. The van der Waals surface area contributed by atoms with Gasteiger partial charge in [0.1, 0.15) is 23.1 Å².